The first kappa shape index (κ1) is 12.7. The number of hydrogen-bond donors (Lipinski definition) is 1. The molecule has 0 bridgehead atoms. The molecule has 0 unspecified atom stereocenters. The summed E-state index contributed by atoms with van der Waals surface area (Å²) in [5.41, 5.74) is 3.87. The SMILES string of the molecule is Oc1c(-c2ccccc2)n(-c2ccccc2)c2ccccc12. The van der Waals surface area contributed by atoms with Crippen LogP contribution in [0.15, 0.2) is 84.9 Å². The topological polar surface area (TPSA) is 25.2 Å². The quantitative estimate of drug-likeness (QED) is 0.550. The van der Waals surface area contributed by atoms with Crippen molar-refractivity contribution in [3.63, 3.8) is 0 Å². The molecule has 22 heavy (non-hydrogen) atoms. The van der Waals surface area contributed by atoms with Crippen molar-refractivity contribution in [1.82, 2.24) is 4.57 Å². The number of para-hydroxylation sites is 2. The second kappa shape index (κ2) is 5.08. The van der Waals surface area contributed by atoms with E-state index in [0.29, 0.717) is 5.75 Å². The fraction of sp³-hybridized carbons (Fsp3) is 0. The number of rotatable bonds is 2. The first-order valence-corrected chi connectivity index (χ1v) is 7.29. The van der Waals surface area contributed by atoms with E-state index < -0.39 is 0 Å². The van der Waals surface area contributed by atoms with E-state index in [2.05, 4.69) is 16.7 Å². The standard InChI is InChI=1S/C20H15NO/c22-20-17-13-7-8-14-18(17)21(16-11-5-2-6-12-16)19(20)15-9-3-1-4-10-15/h1-14,22H. The zero-order chi connectivity index (χ0) is 14.9. The summed E-state index contributed by atoms with van der Waals surface area (Å²) >= 11 is 0. The second-order valence-corrected chi connectivity index (χ2v) is 5.25. The van der Waals surface area contributed by atoms with E-state index >= 15 is 0 Å². The maximum Gasteiger partial charge on any atom is 0.149 e. The molecule has 0 aliphatic heterocycles. The maximum absolute atomic E-state index is 10.8. The van der Waals surface area contributed by atoms with Crippen molar-refractivity contribution in [2.45, 2.75) is 0 Å². The van der Waals surface area contributed by atoms with Gasteiger partial charge in [-0.2, -0.15) is 0 Å². The molecule has 1 N–H and O–H groups in total. The molecule has 0 radical (unpaired) electrons. The Morgan fingerprint density at radius 2 is 1.23 bits per heavy atom. The molecule has 4 aromatic rings. The Bertz CT molecular complexity index is 924. The molecular formula is C20H15NO. The lowest BCUT2D eigenvalue weighted by Gasteiger charge is -2.11. The van der Waals surface area contributed by atoms with Gasteiger partial charge in [-0.25, -0.2) is 0 Å². The predicted octanol–water partition coefficient (Wildman–Crippen LogP) is 5.00. The molecule has 0 amide bonds. The Hall–Kier alpha value is -3.00. The maximum atomic E-state index is 10.8. The third kappa shape index (κ3) is 1.89. The van der Waals surface area contributed by atoms with E-state index in [1.54, 1.807) is 0 Å². The first-order chi connectivity index (χ1) is 10.9. The molecule has 1 heterocycles. The summed E-state index contributed by atoms with van der Waals surface area (Å²) in [5.74, 6) is 0.325. The Morgan fingerprint density at radius 1 is 0.636 bits per heavy atom. The number of aromatic hydroxyl groups is 1. The lowest BCUT2D eigenvalue weighted by molar-refractivity contribution is 0.483. The molecule has 4 rings (SSSR count). The van der Waals surface area contributed by atoms with Crippen molar-refractivity contribution in [1.29, 1.82) is 0 Å². The average molecular weight is 285 g/mol. The molecule has 0 saturated carbocycles. The zero-order valence-corrected chi connectivity index (χ0v) is 12.0. The highest BCUT2D eigenvalue weighted by atomic mass is 16.3. The number of fused-ring (bicyclic) bond motifs is 1. The molecule has 0 spiro atoms. The van der Waals surface area contributed by atoms with Crippen molar-refractivity contribution in [2.75, 3.05) is 0 Å². The van der Waals surface area contributed by atoms with Crippen LogP contribution in [0.1, 0.15) is 0 Å². The molecule has 0 saturated heterocycles. The highest BCUT2D eigenvalue weighted by Gasteiger charge is 2.18. The summed E-state index contributed by atoms with van der Waals surface area (Å²) in [4.78, 5) is 0. The van der Waals surface area contributed by atoms with Gasteiger partial charge >= 0.3 is 0 Å². The van der Waals surface area contributed by atoms with E-state index in [0.717, 1.165) is 27.8 Å². The molecule has 106 valence electrons. The van der Waals surface area contributed by atoms with Gasteiger partial charge < -0.3 is 9.67 Å². The van der Waals surface area contributed by atoms with Gasteiger partial charge in [-0.15, -0.1) is 0 Å². The van der Waals surface area contributed by atoms with Gasteiger partial charge in [0.15, 0.2) is 0 Å². The van der Waals surface area contributed by atoms with Gasteiger partial charge in [0.25, 0.3) is 0 Å². The smallest absolute Gasteiger partial charge is 0.149 e. The van der Waals surface area contributed by atoms with Gasteiger partial charge in [0, 0.05) is 16.6 Å². The van der Waals surface area contributed by atoms with Crippen molar-refractivity contribution >= 4 is 10.9 Å². The highest BCUT2D eigenvalue weighted by molar-refractivity contribution is 5.96. The summed E-state index contributed by atoms with van der Waals surface area (Å²) in [6.07, 6.45) is 0. The minimum absolute atomic E-state index is 0.325. The van der Waals surface area contributed by atoms with Crippen LogP contribution in [-0.4, -0.2) is 9.67 Å². The Kier molecular flexibility index (Phi) is 2.94. The van der Waals surface area contributed by atoms with Gasteiger partial charge in [-0.1, -0.05) is 60.7 Å². The molecule has 2 heteroatoms. The lowest BCUT2D eigenvalue weighted by atomic mass is 10.1. The number of aromatic nitrogens is 1. The van der Waals surface area contributed by atoms with Crippen molar-refractivity contribution in [2.24, 2.45) is 0 Å². The summed E-state index contributed by atoms with van der Waals surface area (Å²) in [6.45, 7) is 0. The van der Waals surface area contributed by atoms with Crippen LogP contribution in [0.25, 0.3) is 27.8 Å². The highest BCUT2D eigenvalue weighted by Crippen LogP contribution is 2.40. The van der Waals surface area contributed by atoms with E-state index in [1.165, 1.54) is 0 Å². The Balaban J connectivity index is 2.14. The Labute approximate surface area is 128 Å². The van der Waals surface area contributed by atoms with Gasteiger partial charge in [0.1, 0.15) is 5.75 Å². The van der Waals surface area contributed by atoms with Gasteiger partial charge in [-0.3, -0.25) is 0 Å². The third-order valence-electron chi connectivity index (χ3n) is 3.91. The van der Waals surface area contributed by atoms with Gasteiger partial charge in [-0.05, 0) is 24.3 Å². The Morgan fingerprint density at radius 3 is 1.95 bits per heavy atom. The molecule has 0 atom stereocenters. The molecule has 2 nitrogen and oxygen atoms in total. The zero-order valence-electron chi connectivity index (χ0n) is 12.0. The van der Waals surface area contributed by atoms with Crippen LogP contribution in [0.4, 0.5) is 0 Å². The van der Waals surface area contributed by atoms with Crippen LogP contribution in [-0.2, 0) is 0 Å². The van der Waals surface area contributed by atoms with Crippen LogP contribution in [0.2, 0.25) is 0 Å². The van der Waals surface area contributed by atoms with Crippen LogP contribution < -0.4 is 0 Å². The fourth-order valence-corrected chi connectivity index (χ4v) is 2.93. The van der Waals surface area contributed by atoms with E-state index in [1.807, 2.05) is 72.8 Å². The fourth-order valence-electron chi connectivity index (χ4n) is 2.93. The van der Waals surface area contributed by atoms with Gasteiger partial charge in [0.05, 0.1) is 11.2 Å². The number of hydrogen-bond acceptors (Lipinski definition) is 1. The first-order valence-electron chi connectivity index (χ1n) is 7.29. The minimum atomic E-state index is 0.325. The number of benzene rings is 3. The molecule has 0 fully saturated rings. The molecular weight excluding hydrogens is 270 g/mol. The molecule has 0 aliphatic carbocycles. The summed E-state index contributed by atoms with van der Waals surface area (Å²) in [5, 5.41) is 11.6. The van der Waals surface area contributed by atoms with Crippen molar-refractivity contribution in [3.8, 4) is 22.7 Å². The summed E-state index contributed by atoms with van der Waals surface area (Å²) in [6, 6.07) is 28.1. The van der Waals surface area contributed by atoms with Crippen molar-refractivity contribution in [3.05, 3.63) is 84.9 Å². The predicted molar refractivity (Wildman–Crippen MR) is 90.4 cm³/mol. The van der Waals surface area contributed by atoms with Crippen molar-refractivity contribution < 1.29 is 5.11 Å². The van der Waals surface area contributed by atoms with E-state index in [4.69, 9.17) is 0 Å². The summed E-state index contributed by atoms with van der Waals surface area (Å²) < 4.78 is 2.11. The molecule has 0 aliphatic rings. The van der Waals surface area contributed by atoms with Crippen LogP contribution in [0.3, 0.4) is 0 Å². The van der Waals surface area contributed by atoms with Gasteiger partial charge in [0.2, 0.25) is 0 Å². The normalized spacial score (nSPS) is 10.9. The average Bonchev–Trinajstić information content (AvgIpc) is 2.90. The number of nitrogens with zero attached hydrogens (tertiary/aromatic N) is 1. The van der Waals surface area contributed by atoms with E-state index in [-0.39, 0.29) is 0 Å². The van der Waals surface area contributed by atoms with Crippen LogP contribution in [0.5, 0.6) is 5.75 Å². The molecule has 1 aromatic heterocycles. The monoisotopic (exact) mass is 285 g/mol. The largest absolute Gasteiger partial charge is 0.505 e. The lowest BCUT2D eigenvalue weighted by Crippen LogP contribution is -1.96. The summed E-state index contributed by atoms with van der Waals surface area (Å²) in [7, 11) is 0. The van der Waals surface area contributed by atoms with E-state index in [9.17, 15) is 5.11 Å². The second-order valence-electron chi connectivity index (χ2n) is 5.25. The molecule has 3 aromatic carbocycles. The van der Waals surface area contributed by atoms with Crippen LogP contribution in [0, 0.1) is 0 Å². The minimum Gasteiger partial charge on any atom is -0.505 e. The van der Waals surface area contributed by atoms with Crippen LogP contribution >= 0.6 is 0 Å². The third-order valence-corrected chi connectivity index (χ3v) is 3.91.